The third-order valence-corrected chi connectivity index (χ3v) is 2.92. The van der Waals surface area contributed by atoms with Crippen LogP contribution in [0.5, 0.6) is 0 Å². The predicted octanol–water partition coefficient (Wildman–Crippen LogP) is 0.816. The van der Waals surface area contributed by atoms with Gasteiger partial charge in [-0.3, -0.25) is 4.79 Å². The summed E-state index contributed by atoms with van der Waals surface area (Å²) in [7, 11) is -1.80. The van der Waals surface area contributed by atoms with Gasteiger partial charge in [-0.15, -0.1) is 0 Å². The molecule has 0 unspecified atom stereocenters. The zero-order valence-corrected chi connectivity index (χ0v) is 10.6. The Bertz CT molecular complexity index is 496. The summed E-state index contributed by atoms with van der Waals surface area (Å²) in [6.45, 7) is 0.0112. The van der Waals surface area contributed by atoms with Gasteiger partial charge in [0.2, 0.25) is 0 Å². The topological polar surface area (TPSA) is 72.5 Å². The summed E-state index contributed by atoms with van der Waals surface area (Å²) in [5.74, 6) is -0.462. The van der Waals surface area contributed by atoms with Crippen LogP contribution in [0.25, 0.3) is 0 Å². The molecule has 0 heterocycles. The van der Waals surface area contributed by atoms with Gasteiger partial charge in [0.05, 0.1) is 12.9 Å². The Kier molecular flexibility index (Phi) is 4.51. The third-order valence-electron chi connectivity index (χ3n) is 2.09. The molecule has 0 aliphatic heterocycles. The average Bonchev–Trinajstić information content (AvgIpc) is 2.25. The first-order valence-electron chi connectivity index (χ1n) is 4.98. The van der Waals surface area contributed by atoms with Crippen molar-refractivity contribution in [1.29, 1.82) is 0 Å². The molecule has 1 aromatic carbocycles. The van der Waals surface area contributed by atoms with E-state index in [0.717, 1.165) is 0 Å². The summed E-state index contributed by atoms with van der Waals surface area (Å²) < 4.78 is 26.9. The number of anilines is 1. The van der Waals surface area contributed by atoms with Crippen LogP contribution in [0, 0.1) is 0 Å². The number of benzene rings is 1. The molecule has 0 fully saturated rings. The number of esters is 1. The maximum Gasteiger partial charge on any atom is 0.325 e. The number of methoxy groups -OCH3 is 1. The van der Waals surface area contributed by atoms with Gasteiger partial charge in [-0.05, 0) is 11.6 Å². The summed E-state index contributed by atoms with van der Waals surface area (Å²) >= 11 is 0. The van der Waals surface area contributed by atoms with Gasteiger partial charge in [0.1, 0.15) is 6.54 Å². The van der Waals surface area contributed by atoms with E-state index in [4.69, 9.17) is 0 Å². The fraction of sp³-hybridized carbons (Fsp3) is 0.364. The molecule has 0 radical (unpaired) electrons. The van der Waals surface area contributed by atoms with Gasteiger partial charge in [-0.2, -0.15) is 0 Å². The largest absolute Gasteiger partial charge is 0.468 e. The maximum absolute atomic E-state index is 11.2. The first kappa shape index (κ1) is 13.5. The van der Waals surface area contributed by atoms with Gasteiger partial charge in [0, 0.05) is 11.9 Å². The highest BCUT2D eigenvalue weighted by molar-refractivity contribution is 7.89. The highest BCUT2D eigenvalue weighted by atomic mass is 32.2. The van der Waals surface area contributed by atoms with Crippen molar-refractivity contribution in [2.24, 2.45) is 0 Å². The van der Waals surface area contributed by atoms with Crippen LogP contribution in [0.1, 0.15) is 5.56 Å². The molecule has 0 saturated carbocycles. The van der Waals surface area contributed by atoms with Gasteiger partial charge in [0.25, 0.3) is 0 Å². The second-order valence-electron chi connectivity index (χ2n) is 3.66. The molecule has 1 aromatic rings. The van der Waals surface area contributed by atoms with Crippen molar-refractivity contribution in [2.45, 2.75) is 5.75 Å². The van der Waals surface area contributed by atoms with Crippen LogP contribution < -0.4 is 5.32 Å². The normalized spacial score (nSPS) is 10.9. The number of sulfone groups is 1. The van der Waals surface area contributed by atoms with E-state index in [1.165, 1.54) is 13.4 Å². The van der Waals surface area contributed by atoms with Crippen molar-refractivity contribution >= 4 is 21.5 Å². The number of carbonyl (C=O) groups is 1. The molecule has 0 aliphatic rings. The van der Waals surface area contributed by atoms with Gasteiger partial charge in [-0.1, -0.05) is 18.2 Å². The lowest BCUT2D eigenvalue weighted by Gasteiger charge is -2.10. The highest BCUT2D eigenvalue weighted by Crippen LogP contribution is 2.17. The van der Waals surface area contributed by atoms with Crippen molar-refractivity contribution < 1.29 is 17.9 Å². The van der Waals surface area contributed by atoms with Crippen molar-refractivity contribution in [3.8, 4) is 0 Å². The molecule has 0 atom stereocenters. The molecular formula is C11H15NO4S. The quantitative estimate of drug-likeness (QED) is 0.790. The fourth-order valence-corrected chi connectivity index (χ4v) is 2.16. The Labute approximate surface area is 101 Å². The number of ether oxygens (including phenoxy) is 1. The number of nitrogens with one attached hydrogen (secondary N) is 1. The first-order chi connectivity index (χ1) is 7.92. The molecule has 0 spiro atoms. The van der Waals surface area contributed by atoms with E-state index in [1.807, 2.05) is 0 Å². The Balaban J connectivity index is 2.81. The molecule has 0 saturated heterocycles. The van der Waals surface area contributed by atoms with Crippen molar-refractivity contribution in [2.75, 3.05) is 25.2 Å². The first-order valence-corrected chi connectivity index (χ1v) is 7.05. The molecule has 0 amide bonds. The zero-order chi connectivity index (χ0) is 12.9. The minimum absolute atomic E-state index is 0.0112. The fourth-order valence-electron chi connectivity index (χ4n) is 1.34. The summed E-state index contributed by atoms with van der Waals surface area (Å²) in [4.78, 5) is 11.0. The van der Waals surface area contributed by atoms with Crippen LogP contribution in [0.3, 0.4) is 0 Å². The van der Waals surface area contributed by atoms with Crippen molar-refractivity contribution in [3.63, 3.8) is 0 Å². The smallest absolute Gasteiger partial charge is 0.325 e. The molecular weight excluding hydrogens is 242 g/mol. The van der Waals surface area contributed by atoms with Crippen LogP contribution in [0.15, 0.2) is 24.3 Å². The molecule has 6 heteroatoms. The molecule has 1 N–H and O–H groups in total. The molecule has 0 bridgehead atoms. The lowest BCUT2D eigenvalue weighted by molar-refractivity contribution is -0.138. The summed E-state index contributed by atoms with van der Waals surface area (Å²) in [6, 6.07) is 6.96. The number of rotatable bonds is 5. The monoisotopic (exact) mass is 257 g/mol. The van der Waals surface area contributed by atoms with E-state index in [0.29, 0.717) is 11.3 Å². The molecule has 0 aromatic heterocycles. The van der Waals surface area contributed by atoms with E-state index in [2.05, 4.69) is 10.1 Å². The van der Waals surface area contributed by atoms with E-state index >= 15 is 0 Å². The second kappa shape index (κ2) is 5.67. The number of para-hydroxylation sites is 1. The third kappa shape index (κ3) is 4.86. The second-order valence-corrected chi connectivity index (χ2v) is 5.80. The minimum atomic E-state index is -3.10. The van der Waals surface area contributed by atoms with Gasteiger partial charge >= 0.3 is 5.97 Å². The summed E-state index contributed by atoms with van der Waals surface area (Å²) in [5.41, 5.74) is 1.27. The van der Waals surface area contributed by atoms with E-state index in [1.54, 1.807) is 24.3 Å². The Morgan fingerprint density at radius 1 is 1.35 bits per heavy atom. The summed E-state index contributed by atoms with van der Waals surface area (Å²) in [5, 5.41) is 2.85. The van der Waals surface area contributed by atoms with Gasteiger partial charge < -0.3 is 10.1 Å². The van der Waals surface area contributed by atoms with E-state index in [9.17, 15) is 13.2 Å². The van der Waals surface area contributed by atoms with Crippen molar-refractivity contribution in [1.82, 2.24) is 0 Å². The van der Waals surface area contributed by atoms with Crippen LogP contribution in [0.4, 0.5) is 5.69 Å². The number of carbonyl (C=O) groups excluding carboxylic acids is 1. The van der Waals surface area contributed by atoms with Crippen LogP contribution in [0.2, 0.25) is 0 Å². The molecule has 17 heavy (non-hydrogen) atoms. The average molecular weight is 257 g/mol. The molecule has 5 nitrogen and oxygen atoms in total. The molecule has 1 rings (SSSR count). The minimum Gasteiger partial charge on any atom is -0.468 e. The number of hydrogen-bond donors (Lipinski definition) is 1. The lowest BCUT2D eigenvalue weighted by Crippen LogP contribution is -2.16. The lowest BCUT2D eigenvalue weighted by atomic mass is 10.2. The predicted molar refractivity (Wildman–Crippen MR) is 65.5 cm³/mol. The Morgan fingerprint density at radius 3 is 2.59 bits per heavy atom. The highest BCUT2D eigenvalue weighted by Gasteiger charge is 2.09. The van der Waals surface area contributed by atoms with Crippen LogP contribution in [-0.2, 0) is 25.1 Å². The van der Waals surface area contributed by atoms with E-state index < -0.39 is 15.8 Å². The molecule has 0 aliphatic carbocycles. The zero-order valence-electron chi connectivity index (χ0n) is 9.76. The van der Waals surface area contributed by atoms with Crippen LogP contribution in [-0.4, -0.2) is 34.3 Å². The van der Waals surface area contributed by atoms with Gasteiger partial charge in [-0.25, -0.2) is 8.42 Å². The van der Waals surface area contributed by atoms with Gasteiger partial charge in [0.15, 0.2) is 9.84 Å². The summed E-state index contributed by atoms with van der Waals surface area (Å²) in [6.07, 6.45) is 1.17. The Hall–Kier alpha value is -1.56. The van der Waals surface area contributed by atoms with E-state index in [-0.39, 0.29) is 12.3 Å². The van der Waals surface area contributed by atoms with Crippen LogP contribution >= 0.6 is 0 Å². The van der Waals surface area contributed by atoms with Crippen molar-refractivity contribution in [3.05, 3.63) is 29.8 Å². The standard InChI is InChI=1S/C11H15NO4S/c1-16-11(13)7-12-10-6-4-3-5-9(10)8-17(2,14)15/h3-6,12H,7-8H2,1-2H3. The maximum atomic E-state index is 11.2. The Morgan fingerprint density at radius 2 is 2.00 bits per heavy atom. The molecule has 94 valence electrons. The SMILES string of the molecule is COC(=O)CNc1ccccc1CS(C)(=O)=O. The number of hydrogen-bond acceptors (Lipinski definition) is 5.